The Labute approximate surface area is 217 Å². The lowest BCUT2D eigenvalue weighted by atomic mass is 9.86. The summed E-state index contributed by atoms with van der Waals surface area (Å²) in [6.07, 6.45) is -0.454. The Morgan fingerprint density at radius 3 is 2.25 bits per heavy atom. The molecule has 0 amide bonds. The van der Waals surface area contributed by atoms with Crippen LogP contribution in [0.5, 0.6) is 5.75 Å². The number of ether oxygens (including phenoxy) is 3. The average Bonchev–Trinajstić information content (AvgIpc) is 2.82. The zero-order valence-corrected chi connectivity index (χ0v) is 22.8. The van der Waals surface area contributed by atoms with E-state index in [4.69, 9.17) is 14.2 Å². The minimum Gasteiger partial charge on any atom is -0.485 e. The summed E-state index contributed by atoms with van der Waals surface area (Å²) in [5, 5.41) is 3.54. The Hall–Kier alpha value is -2.82. The molecule has 0 fully saturated rings. The maximum atomic E-state index is 6.58. The number of hydrogen-bond acceptors (Lipinski definition) is 4. The fraction of sp³-hybridized carbons (Fsp3) is 0.438. The molecule has 2 unspecified atom stereocenters. The van der Waals surface area contributed by atoms with E-state index in [0.717, 1.165) is 29.1 Å². The fourth-order valence-electron chi connectivity index (χ4n) is 4.66. The molecule has 4 nitrogen and oxygen atoms in total. The highest BCUT2D eigenvalue weighted by Crippen LogP contribution is 2.45. The highest BCUT2D eigenvalue weighted by Gasteiger charge is 2.46. The third-order valence-corrected chi connectivity index (χ3v) is 6.66. The van der Waals surface area contributed by atoms with Gasteiger partial charge in [-0.3, -0.25) is 0 Å². The van der Waals surface area contributed by atoms with E-state index >= 15 is 0 Å². The third kappa shape index (κ3) is 6.29. The van der Waals surface area contributed by atoms with Gasteiger partial charge in [-0.15, -0.1) is 0 Å². The summed E-state index contributed by atoms with van der Waals surface area (Å²) >= 11 is 0. The number of benzene rings is 3. The van der Waals surface area contributed by atoms with Crippen LogP contribution in [0, 0.1) is 0 Å². The molecule has 1 aliphatic rings. The Balaban J connectivity index is 1.56. The van der Waals surface area contributed by atoms with Crippen molar-refractivity contribution in [1.82, 2.24) is 0 Å². The molecule has 0 aromatic heterocycles. The quantitative estimate of drug-likeness (QED) is 0.352. The third-order valence-electron chi connectivity index (χ3n) is 6.66. The standard InChI is InChI=1S/C32H41NO3/c1-22(2)35-29-27-19-26(33-20-23-11-9-8-10-12-23)17-18-28(27)36-32(6,7)30(29)34-21-24-13-15-25(16-14-24)31(3,4)5/h8-19,22,29-30,33H,20-21H2,1-7H3. The Kier molecular flexibility index (Phi) is 7.77. The summed E-state index contributed by atoms with van der Waals surface area (Å²) in [7, 11) is 0. The van der Waals surface area contributed by atoms with Crippen molar-refractivity contribution in [2.45, 2.75) is 90.9 Å². The molecule has 4 rings (SSSR count). The maximum Gasteiger partial charge on any atom is 0.132 e. The summed E-state index contributed by atoms with van der Waals surface area (Å²) < 4.78 is 19.6. The van der Waals surface area contributed by atoms with Crippen LogP contribution < -0.4 is 10.1 Å². The molecule has 36 heavy (non-hydrogen) atoms. The number of nitrogens with one attached hydrogen (secondary N) is 1. The van der Waals surface area contributed by atoms with E-state index in [-0.39, 0.29) is 23.7 Å². The zero-order chi connectivity index (χ0) is 25.9. The summed E-state index contributed by atoms with van der Waals surface area (Å²) in [6, 6.07) is 25.4. The van der Waals surface area contributed by atoms with Crippen molar-refractivity contribution in [1.29, 1.82) is 0 Å². The second-order valence-corrected chi connectivity index (χ2v) is 11.6. The van der Waals surface area contributed by atoms with Crippen LogP contribution in [0.3, 0.4) is 0 Å². The summed E-state index contributed by atoms with van der Waals surface area (Å²) in [6.45, 7) is 16.3. The van der Waals surface area contributed by atoms with Crippen LogP contribution in [0.4, 0.5) is 5.69 Å². The molecule has 4 heteroatoms. The van der Waals surface area contributed by atoms with Gasteiger partial charge in [0.05, 0.1) is 12.7 Å². The summed E-state index contributed by atoms with van der Waals surface area (Å²) in [5.74, 6) is 0.852. The first-order valence-electron chi connectivity index (χ1n) is 13.0. The normalized spacial score (nSPS) is 19.0. The van der Waals surface area contributed by atoms with Gasteiger partial charge in [-0.1, -0.05) is 75.4 Å². The number of rotatable bonds is 8. The molecule has 0 saturated carbocycles. The number of anilines is 1. The molecule has 3 aromatic carbocycles. The van der Waals surface area contributed by atoms with Gasteiger partial charge >= 0.3 is 0 Å². The second kappa shape index (κ2) is 10.7. The first kappa shape index (κ1) is 26.2. The van der Waals surface area contributed by atoms with Gasteiger partial charge in [0, 0.05) is 17.8 Å². The lowest BCUT2D eigenvalue weighted by Crippen LogP contribution is -2.51. The van der Waals surface area contributed by atoms with E-state index in [2.05, 4.69) is 114 Å². The Morgan fingerprint density at radius 1 is 0.917 bits per heavy atom. The molecule has 2 atom stereocenters. The van der Waals surface area contributed by atoms with Gasteiger partial charge in [0.15, 0.2) is 0 Å². The largest absolute Gasteiger partial charge is 0.485 e. The predicted molar refractivity (Wildman–Crippen MR) is 148 cm³/mol. The van der Waals surface area contributed by atoms with Crippen LogP contribution in [0.1, 0.15) is 76.8 Å². The van der Waals surface area contributed by atoms with Crippen LogP contribution in [-0.2, 0) is 28.0 Å². The molecule has 0 radical (unpaired) electrons. The van der Waals surface area contributed by atoms with Crippen LogP contribution in [0.15, 0.2) is 72.8 Å². The van der Waals surface area contributed by atoms with E-state index in [9.17, 15) is 0 Å². The maximum absolute atomic E-state index is 6.58. The number of fused-ring (bicyclic) bond motifs is 1. The monoisotopic (exact) mass is 487 g/mol. The van der Waals surface area contributed by atoms with E-state index in [0.29, 0.717) is 6.61 Å². The molecule has 0 aliphatic carbocycles. The molecule has 1 N–H and O–H groups in total. The Morgan fingerprint density at radius 2 is 1.61 bits per heavy atom. The van der Waals surface area contributed by atoms with Crippen molar-refractivity contribution in [2.75, 3.05) is 5.32 Å². The van der Waals surface area contributed by atoms with Crippen molar-refractivity contribution in [2.24, 2.45) is 0 Å². The SMILES string of the molecule is CC(C)OC1c2cc(NCc3ccccc3)ccc2OC(C)(C)C1OCc1ccc(C(C)(C)C)cc1. The van der Waals surface area contributed by atoms with Crippen molar-refractivity contribution >= 4 is 5.69 Å². The van der Waals surface area contributed by atoms with Crippen molar-refractivity contribution in [3.63, 3.8) is 0 Å². The second-order valence-electron chi connectivity index (χ2n) is 11.6. The van der Waals surface area contributed by atoms with E-state index < -0.39 is 5.60 Å². The van der Waals surface area contributed by atoms with Gasteiger partial charge in [-0.2, -0.15) is 0 Å². The molecular formula is C32H41NO3. The first-order chi connectivity index (χ1) is 17.0. The summed E-state index contributed by atoms with van der Waals surface area (Å²) in [4.78, 5) is 0. The van der Waals surface area contributed by atoms with Crippen LogP contribution in [-0.4, -0.2) is 17.8 Å². The smallest absolute Gasteiger partial charge is 0.132 e. The minimum atomic E-state index is -0.545. The van der Waals surface area contributed by atoms with Gasteiger partial charge in [0.2, 0.25) is 0 Å². The molecule has 3 aromatic rings. The predicted octanol–water partition coefficient (Wildman–Crippen LogP) is 7.82. The minimum absolute atomic E-state index is 0.0508. The van der Waals surface area contributed by atoms with Crippen molar-refractivity contribution < 1.29 is 14.2 Å². The van der Waals surface area contributed by atoms with Gasteiger partial charge in [-0.05, 0) is 68.0 Å². The molecular weight excluding hydrogens is 446 g/mol. The molecule has 0 saturated heterocycles. The lowest BCUT2D eigenvalue weighted by molar-refractivity contribution is -0.177. The highest BCUT2D eigenvalue weighted by molar-refractivity contribution is 5.54. The van der Waals surface area contributed by atoms with E-state index in [1.807, 2.05) is 12.1 Å². The van der Waals surface area contributed by atoms with Crippen LogP contribution in [0.25, 0.3) is 0 Å². The molecule has 1 aliphatic heterocycles. The Bertz CT molecular complexity index is 1130. The van der Waals surface area contributed by atoms with Gasteiger partial charge in [0.25, 0.3) is 0 Å². The van der Waals surface area contributed by atoms with E-state index in [1.54, 1.807) is 0 Å². The van der Waals surface area contributed by atoms with Crippen LogP contribution >= 0.6 is 0 Å². The molecule has 0 bridgehead atoms. The van der Waals surface area contributed by atoms with E-state index in [1.165, 1.54) is 11.1 Å². The topological polar surface area (TPSA) is 39.7 Å². The lowest BCUT2D eigenvalue weighted by Gasteiger charge is -2.45. The van der Waals surface area contributed by atoms with Crippen molar-refractivity contribution in [3.8, 4) is 5.75 Å². The molecule has 1 heterocycles. The molecule has 0 spiro atoms. The van der Waals surface area contributed by atoms with Gasteiger partial charge in [0.1, 0.15) is 23.6 Å². The van der Waals surface area contributed by atoms with Gasteiger partial charge in [-0.25, -0.2) is 0 Å². The highest BCUT2D eigenvalue weighted by atomic mass is 16.6. The average molecular weight is 488 g/mol. The van der Waals surface area contributed by atoms with Crippen molar-refractivity contribution in [3.05, 3.63) is 95.1 Å². The number of hydrogen-bond donors (Lipinski definition) is 1. The molecule has 192 valence electrons. The zero-order valence-electron chi connectivity index (χ0n) is 22.8. The first-order valence-corrected chi connectivity index (χ1v) is 13.0. The van der Waals surface area contributed by atoms with Gasteiger partial charge < -0.3 is 19.5 Å². The van der Waals surface area contributed by atoms with Crippen LogP contribution in [0.2, 0.25) is 0 Å². The fourth-order valence-corrected chi connectivity index (χ4v) is 4.66. The summed E-state index contributed by atoms with van der Waals surface area (Å²) in [5.41, 5.74) is 5.34.